The van der Waals surface area contributed by atoms with Crippen LogP contribution in [0.2, 0.25) is 0 Å². The van der Waals surface area contributed by atoms with Crippen LogP contribution in [0.4, 0.5) is 13.2 Å². The second-order valence-electron chi connectivity index (χ2n) is 7.87. The third-order valence-corrected chi connectivity index (χ3v) is 5.18. The molecule has 9 heteroatoms. The molecule has 152 valence electrons. The summed E-state index contributed by atoms with van der Waals surface area (Å²) in [6.45, 7) is 3.70. The number of aromatic nitrogens is 1. The SMILES string of the molecule is CN1C(=O)C2(CC(C)(C)Oc3ccc(-c4ccnc(C(F)(F)F)c4)cc32)N=C1N. The van der Waals surface area contributed by atoms with Crippen molar-refractivity contribution < 1.29 is 22.7 Å². The molecule has 2 aliphatic heterocycles. The molecule has 0 fully saturated rings. The van der Waals surface area contributed by atoms with E-state index in [1.165, 1.54) is 11.0 Å². The third kappa shape index (κ3) is 3.01. The minimum atomic E-state index is -4.55. The van der Waals surface area contributed by atoms with Crippen LogP contribution in [-0.4, -0.2) is 34.4 Å². The van der Waals surface area contributed by atoms with Crippen molar-refractivity contribution in [1.82, 2.24) is 9.88 Å². The van der Waals surface area contributed by atoms with Crippen LogP contribution >= 0.6 is 0 Å². The Morgan fingerprint density at radius 2 is 1.86 bits per heavy atom. The van der Waals surface area contributed by atoms with Gasteiger partial charge in [-0.25, -0.2) is 4.99 Å². The van der Waals surface area contributed by atoms with Crippen LogP contribution in [0.15, 0.2) is 41.5 Å². The highest BCUT2D eigenvalue weighted by molar-refractivity contribution is 6.07. The van der Waals surface area contributed by atoms with E-state index in [4.69, 9.17) is 10.5 Å². The molecule has 0 bridgehead atoms. The number of amides is 1. The van der Waals surface area contributed by atoms with E-state index >= 15 is 0 Å². The number of halogens is 3. The van der Waals surface area contributed by atoms with Crippen LogP contribution in [0.5, 0.6) is 5.75 Å². The standard InChI is InChI=1S/C20H19F3N4O2/c1-18(2)10-19(16(28)27(3)17(24)26-19)13-8-11(4-5-14(13)29-18)12-6-7-25-15(9-12)20(21,22)23/h4-9H,10H2,1-3H3,(H2,24,26). The van der Waals surface area contributed by atoms with Gasteiger partial charge in [-0.15, -0.1) is 0 Å². The normalized spacial score (nSPS) is 23.0. The first-order chi connectivity index (χ1) is 13.4. The topological polar surface area (TPSA) is 80.8 Å². The highest BCUT2D eigenvalue weighted by atomic mass is 19.4. The lowest BCUT2D eigenvalue weighted by Crippen LogP contribution is -2.49. The average Bonchev–Trinajstić information content (AvgIpc) is 2.84. The lowest BCUT2D eigenvalue weighted by Gasteiger charge is -2.41. The molecule has 2 aromatic rings. The van der Waals surface area contributed by atoms with Crippen molar-refractivity contribution >= 4 is 11.9 Å². The number of likely N-dealkylation sites (N-methyl/N-ethyl adjacent to an activating group) is 1. The third-order valence-electron chi connectivity index (χ3n) is 5.18. The Morgan fingerprint density at radius 3 is 2.48 bits per heavy atom. The Labute approximate surface area is 165 Å². The number of fused-ring (bicyclic) bond motifs is 2. The van der Waals surface area contributed by atoms with E-state index < -0.39 is 23.0 Å². The van der Waals surface area contributed by atoms with Crippen LogP contribution in [0.1, 0.15) is 31.5 Å². The molecule has 1 aromatic heterocycles. The van der Waals surface area contributed by atoms with E-state index in [1.54, 1.807) is 25.2 Å². The molecule has 3 heterocycles. The average molecular weight is 404 g/mol. The number of guanidine groups is 1. The van der Waals surface area contributed by atoms with Crippen LogP contribution in [0, 0.1) is 0 Å². The molecule has 1 unspecified atom stereocenters. The highest BCUT2D eigenvalue weighted by Gasteiger charge is 2.55. The zero-order valence-corrected chi connectivity index (χ0v) is 16.0. The van der Waals surface area contributed by atoms with E-state index in [9.17, 15) is 18.0 Å². The van der Waals surface area contributed by atoms with Gasteiger partial charge in [-0.1, -0.05) is 6.07 Å². The van der Waals surface area contributed by atoms with Crippen molar-refractivity contribution in [2.75, 3.05) is 7.05 Å². The number of nitrogens with zero attached hydrogens (tertiary/aromatic N) is 3. The summed E-state index contributed by atoms with van der Waals surface area (Å²) in [5, 5.41) is 0. The smallest absolute Gasteiger partial charge is 0.433 e. The molecule has 2 aliphatic rings. The van der Waals surface area contributed by atoms with Gasteiger partial charge in [-0.3, -0.25) is 14.7 Å². The Morgan fingerprint density at radius 1 is 1.17 bits per heavy atom. The molecule has 0 saturated heterocycles. The van der Waals surface area contributed by atoms with Gasteiger partial charge in [0, 0.05) is 25.2 Å². The van der Waals surface area contributed by atoms with Crippen molar-refractivity contribution in [3.8, 4) is 16.9 Å². The van der Waals surface area contributed by atoms with Crippen molar-refractivity contribution in [3.05, 3.63) is 47.8 Å². The van der Waals surface area contributed by atoms with Crippen molar-refractivity contribution in [2.24, 2.45) is 10.7 Å². The van der Waals surface area contributed by atoms with Gasteiger partial charge in [0.05, 0.1) is 0 Å². The second-order valence-corrected chi connectivity index (χ2v) is 7.87. The van der Waals surface area contributed by atoms with Gasteiger partial charge in [0.15, 0.2) is 11.5 Å². The molecule has 1 amide bonds. The first kappa shape index (κ1) is 19.2. The predicted octanol–water partition coefficient (Wildman–Crippen LogP) is 3.31. The maximum Gasteiger partial charge on any atom is 0.433 e. The van der Waals surface area contributed by atoms with Crippen LogP contribution < -0.4 is 10.5 Å². The van der Waals surface area contributed by atoms with E-state index in [2.05, 4.69) is 9.98 Å². The number of ether oxygens (including phenoxy) is 1. The largest absolute Gasteiger partial charge is 0.487 e. The fourth-order valence-corrected chi connectivity index (χ4v) is 3.92. The molecule has 2 N–H and O–H groups in total. The first-order valence-electron chi connectivity index (χ1n) is 8.94. The minimum Gasteiger partial charge on any atom is -0.487 e. The van der Waals surface area contributed by atoms with Gasteiger partial charge in [-0.05, 0) is 49.2 Å². The molecule has 29 heavy (non-hydrogen) atoms. The van der Waals surface area contributed by atoms with Crippen LogP contribution in [-0.2, 0) is 16.5 Å². The van der Waals surface area contributed by atoms with Gasteiger partial charge >= 0.3 is 6.18 Å². The first-order valence-corrected chi connectivity index (χ1v) is 8.94. The molecule has 1 spiro atoms. The zero-order valence-electron chi connectivity index (χ0n) is 16.0. The molecule has 0 aliphatic carbocycles. The van der Waals surface area contributed by atoms with Gasteiger partial charge < -0.3 is 10.5 Å². The molecule has 0 radical (unpaired) electrons. The van der Waals surface area contributed by atoms with Crippen LogP contribution in [0.3, 0.4) is 0 Å². The van der Waals surface area contributed by atoms with Gasteiger partial charge in [-0.2, -0.15) is 13.2 Å². The number of hydrogen-bond acceptors (Lipinski definition) is 5. The Hall–Kier alpha value is -3.10. The summed E-state index contributed by atoms with van der Waals surface area (Å²) in [6.07, 6.45) is -3.19. The fraction of sp³-hybridized carbons (Fsp3) is 0.350. The number of hydrogen-bond donors (Lipinski definition) is 1. The van der Waals surface area contributed by atoms with Gasteiger partial charge in [0.2, 0.25) is 0 Å². The number of rotatable bonds is 1. The lowest BCUT2D eigenvalue weighted by atomic mass is 9.77. The summed E-state index contributed by atoms with van der Waals surface area (Å²) in [4.78, 5) is 22.2. The molecule has 4 rings (SSSR count). The van der Waals surface area contributed by atoms with Crippen LogP contribution in [0.25, 0.3) is 11.1 Å². The number of alkyl halides is 3. The molecule has 6 nitrogen and oxygen atoms in total. The summed E-state index contributed by atoms with van der Waals surface area (Å²) >= 11 is 0. The maximum atomic E-state index is 13.1. The van der Waals surface area contributed by atoms with Gasteiger partial charge in [0.1, 0.15) is 17.0 Å². The van der Waals surface area contributed by atoms with Crippen molar-refractivity contribution in [3.63, 3.8) is 0 Å². The maximum absolute atomic E-state index is 13.1. The van der Waals surface area contributed by atoms with Crippen molar-refractivity contribution in [2.45, 2.75) is 37.6 Å². The summed E-state index contributed by atoms with van der Waals surface area (Å²) in [5.74, 6) is 0.248. The monoisotopic (exact) mass is 404 g/mol. The number of carbonyl (C=O) groups is 1. The summed E-state index contributed by atoms with van der Waals surface area (Å²) < 4.78 is 45.2. The summed E-state index contributed by atoms with van der Waals surface area (Å²) in [6, 6.07) is 7.41. The van der Waals surface area contributed by atoms with Crippen molar-refractivity contribution in [1.29, 1.82) is 0 Å². The Bertz CT molecular complexity index is 1050. The van der Waals surface area contributed by atoms with Gasteiger partial charge in [0.25, 0.3) is 5.91 Å². The number of pyridine rings is 1. The van der Waals surface area contributed by atoms with E-state index in [-0.39, 0.29) is 18.3 Å². The minimum absolute atomic E-state index is 0.0901. The summed E-state index contributed by atoms with van der Waals surface area (Å²) in [7, 11) is 1.54. The number of carbonyl (C=O) groups excluding carboxylic acids is 1. The second kappa shape index (κ2) is 5.95. The number of nitrogens with two attached hydrogens (primary N) is 1. The molecule has 0 saturated carbocycles. The Kier molecular flexibility index (Phi) is 3.94. The Balaban J connectivity index is 1.89. The quantitative estimate of drug-likeness (QED) is 0.791. The van der Waals surface area contributed by atoms with E-state index in [0.717, 1.165) is 12.3 Å². The molecule has 1 aromatic carbocycles. The molecule has 1 atom stereocenters. The predicted molar refractivity (Wildman–Crippen MR) is 100 cm³/mol. The van der Waals surface area contributed by atoms with E-state index in [1.807, 2.05) is 13.8 Å². The number of aliphatic imine (C=N–C) groups is 1. The molecular formula is C20H19F3N4O2. The van der Waals surface area contributed by atoms with E-state index in [0.29, 0.717) is 22.4 Å². The lowest BCUT2D eigenvalue weighted by molar-refractivity contribution is -0.141. The molecular weight excluding hydrogens is 385 g/mol. The highest BCUT2D eigenvalue weighted by Crippen LogP contribution is 2.49. The fourth-order valence-electron chi connectivity index (χ4n) is 3.92. The zero-order chi connectivity index (χ0) is 21.2. The summed E-state index contributed by atoms with van der Waals surface area (Å²) in [5.41, 5.74) is 4.28. The number of benzene rings is 1.